The van der Waals surface area contributed by atoms with Crippen molar-refractivity contribution in [3.05, 3.63) is 82.3 Å². The number of alkyl halides is 3. The minimum absolute atomic E-state index is 0.0697. The van der Waals surface area contributed by atoms with E-state index in [1.807, 2.05) is 0 Å². The van der Waals surface area contributed by atoms with E-state index in [9.17, 15) is 22.4 Å². The van der Waals surface area contributed by atoms with Crippen LogP contribution in [0.5, 0.6) is 11.6 Å². The topological polar surface area (TPSA) is 51.2 Å². The summed E-state index contributed by atoms with van der Waals surface area (Å²) < 4.78 is 58.9. The maximum absolute atomic E-state index is 14.2. The van der Waals surface area contributed by atoms with Gasteiger partial charge in [-0.05, 0) is 74.4 Å². The van der Waals surface area contributed by atoms with Gasteiger partial charge in [-0.2, -0.15) is 13.2 Å². The van der Waals surface area contributed by atoms with Crippen LogP contribution in [0.25, 0.3) is 0 Å². The normalized spacial score (nSPS) is 11.3. The fourth-order valence-corrected chi connectivity index (χ4v) is 2.94. The van der Waals surface area contributed by atoms with Gasteiger partial charge >= 0.3 is 6.18 Å². The second-order valence-electron chi connectivity index (χ2n) is 6.82. The highest BCUT2D eigenvalue weighted by molar-refractivity contribution is 6.05. The number of anilines is 1. The highest BCUT2D eigenvalue weighted by Gasteiger charge is 2.35. The molecule has 0 saturated heterocycles. The lowest BCUT2D eigenvalue weighted by Gasteiger charge is -2.14. The summed E-state index contributed by atoms with van der Waals surface area (Å²) in [5.41, 5.74) is 0.842. The molecule has 0 aliphatic heterocycles. The molecule has 0 saturated carbocycles. The van der Waals surface area contributed by atoms with Gasteiger partial charge in [-0.25, -0.2) is 9.37 Å². The van der Waals surface area contributed by atoms with Crippen molar-refractivity contribution in [3.63, 3.8) is 0 Å². The number of ether oxygens (including phenoxy) is 1. The Balaban J connectivity index is 1.78. The number of amides is 1. The molecule has 1 amide bonds. The Hall–Kier alpha value is -3.42. The van der Waals surface area contributed by atoms with Crippen LogP contribution in [0.4, 0.5) is 23.2 Å². The molecule has 3 rings (SSSR count). The van der Waals surface area contributed by atoms with E-state index in [1.54, 1.807) is 26.8 Å². The first-order chi connectivity index (χ1) is 14.0. The third kappa shape index (κ3) is 4.76. The molecule has 4 nitrogen and oxygen atoms in total. The zero-order valence-corrected chi connectivity index (χ0v) is 16.4. The number of nitrogens with one attached hydrogen (secondary N) is 1. The third-order valence-electron chi connectivity index (χ3n) is 4.29. The van der Waals surface area contributed by atoms with Crippen molar-refractivity contribution in [2.24, 2.45) is 0 Å². The fraction of sp³-hybridized carbons (Fsp3) is 0.182. The molecule has 0 unspecified atom stereocenters. The van der Waals surface area contributed by atoms with E-state index in [0.717, 1.165) is 6.07 Å². The molecule has 0 aliphatic carbocycles. The summed E-state index contributed by atoms with van der Waals surface area (Å²) in [5.74, 6) is -1.71. The Morgan fingerprint density at radius 2 is 1.67 bits per heavy atom. The first kappa shape index (κ1) is 21.3. The van der Waals surface area contributed by atoms with Crippen molar-refractivity contribution in [1.29, 1.82) is 0 Å². The monoisotopic (exact) mass is 418 g/mol. The average molecular weight is 418 g/mol. The van der Waals surface area contributed by atoms with Crippen LogP contribution >= 0.6 is 0 Å². The van der Waals surface area contributed by atoms with E-state index < -0.39 is 29.3 Å². The minimum atomic E-state index is -4.61. The molecule has 156 valence electrons. The van der Waals surface area contributed by atoms with Crippen LogP contribution in [0, 0.1) is 26.6 Å². The minimum Gasteiger partial charge on any atom is -0.438 e. The highest BCUT2D eigenvalue weighted by Crippen LogP contribution is 2.37. The van der Waals surface area contributed by atoms with Crippen LogP contribution in [-0.2, 0) is 6.18 Å². The largest absolute Gasteiger partial charge is 0.438 e. The van der Waals surface area contributed by atoms with E-state index >= 15 is 0 Å². The molecule has 0 fully saturated rings. The summed E-state index contributed by atoms with van der Waals surface area (Å²) in [6, 6.07) is 10.8. The molecule has 2 aromatic carbocycles. The molecule has 0 radical (unpaired) electrons. The standard InChI is InChI=1S/C22H18F4N2O2/c1-12-10-13(2)19(18(23)11-12)20(29)28-15-5-7-16(8-6-15)30-21-17(22(24,25)26)9-4-14(3)27-21/h4-11H,1-3H3,(H,28,29). The van der Waals surface area contributed by atoms with E-state index in [0.29, 0.717) is 22.5 Å². The van der Waals surface area contributed by atoms with Gasteiger partial charge in [0.05, 0.1) is 5.56 Å². The van der Waals surface area contributed by atoms with Crippen molar-refractivity contribution in [2.45, 2.75) is 26.9 Å². The summed E-state index contributed by atoms with van der Waals surface area (Å²) in [4.78, 5) is 16.2. The third-order valence-corrected chi connectivity index (χ3v) is 4.29. The first-order valence-corrected chi connectivity index (χ1v) is 8.95. The lowest BCUT2D eigenvalue weighted by atomic mass is 10.0. The van der Waals surface area contributed by atoms with Gasteiger partial charge in [0.2, 0.25) is 5.88 Å². The Kier molecular flexibility index (Phi) is 5.78. The smallest absolute Gasteiger partial charge is 0.421 e. The Morgan fingerprint density at radius 1 is 1.00 bits per heavy atom. The summed E-state index contributed by atoms with van der Waals surface area (Å²) in [6.07, 6.45) is -4.61. The van der Waals surface area contributed by atoms with Crippen molar-refractivity contribution in [1.82, 2.24) is 4.98 Å². The van der Waals surface area contributed by atoms with Gasteiger partial charge < -0.3 is 10.1 Å². The Bertz CT molecular complexity index is 1070. The molecule has 1 heterocycles. The predicted octanol–water partition coefficient (Wildman–Crippen LogP) is 6.21. The van der Waals surface area contributed by atoms with Crippen molar-refractivity contribution >= 4 is 11.6 Å². The number of benzene rings is 2. The number of hydrogen-bond acceptors (Lipinski definition) is 3. The number of pyridine rings is 1. The molecular weight excluding hydrogens is 400 g/mol. The lowest BCUT2D eigenvalue weighted by Crippen LogP contribution is -2.15. The fourth-order valence-electron chi connectivity index (χ4n) is 2.94. The molecule has 1 aromatic heterocycles. The molecule has 0 bridgehead atoms. The van der Waals surface area contributed by atoms with Crippen LogP contribution in [-0.4, -0.2) is 10.9 Å². The summed E-state index contributed by atoms with van der Waals surface area (Å²) in [5, 5.41) is 2.57. The van der Waals surface area contributed by atoms with Gasteiger partial charge in [0.1, 0.15) is 17.1 Å². The van der Waals surface area contributed by atoms with E-state index in [1.165, 1.54) is 36.4 Å². The molecule has 0 aliphatic rings. The van der Waals surface area contributed by atoms with Crippen molar-refractivity contribution in [2.75, 3.05) is 5.32 Å². The van der Waals surface area contributed by atoms with Gasteiger partial charge in [0.15, 0.2) is 0 Å². The zero-order valence-electron chi connectivity index (χ0n) is 16.4. The molecule has 3 aromatic rings. The van der Waals surface area contributed by atoms with Crippen LogP contribution in [0.2, 0.25) is 0 Å². The van der Waals surface area contributed by atoms with Gasteiger partial charge in [-0.1, -0.05) is 6.07 Å². The first-order valence-electron chi connectivity index (χ1n) is 8.95. The number of rotatable bonds is 4. The quantitative estimate of drug-likeness (QED) is 0.513. The maximum Gasteiger partial charge on any atom is 0.421 e. The molecular formula is C22H18F4N2O2. The van der Waals surface area contributed by atoms with Crippen molar-refractivity contribution < 1.29 is 27.1 Å². The molecule has 30 heavy (non-hydrogen) atoms. The van der Waals surface area contributed by atoms with Crippen LogP contribution in [0.3, 0.4) is 0 Å². The van der Waals surface area contributed by atoms with Crippen LogP contribution < -0.4 is 10.1 Å². The van der Waals surface area contributed by atoms with Crippen LogP contribution in [0.1, 0.15) is 32.7 Å². The average Bonchev–Trinajstić information content (AvgIpc) is 2.61. The van der Waals surface area contributed by atoms with Gasteiger partial charge in [-0.15, -0.1) is 0 Å². The molecule has 0 atom stereocenters. The number of hydrogen-bond donors (Lipinski definition) is 1. The second kappa shape index (κ2) is 8.14. The molecule has 1 N–H and O–H groups in total. The van der Waals surface area contributed by atoms with E-state index in [-0.39, 0.29) is 11.3 Å². The summed E-state index contributed by atoms with van der Waals surface area (Å²) >= 11 is 0. The molecule has 0 spiro atoms. The molecule has 8 heteroatoms. The number of nitrogens with zero attached hydrogens (tertiary/aromatic N) is 1. The Labute approximate surface area is 170 Å². The summed E-state index contributed by atoms with van der Waals surface area (Å²) in [6.45, 7) is 4.91. The number of aryl methyl sites for hydroxylation is 3. The number of carbonyl (C=O) groups excluding carboxylic acids is 1. The number of carbonyl (C=O) groups is 1. The predicted molar refractivity (Wildman–Crippen MR) is 104 cm³/mol. The number of aromatic nitrogens is 1. The van der Waals surface area contributed by atoms with Crippen molar-refractivity contribution in [3.8, 4) is 11.6 Å². The lowest BCUT2D eigenvalue weighted by molar-refractivity contribution is -0.138. The van der Waals surface area contributed by atoms with Gasteiger partial charge in [-0.3, -0.25) is 4.79 Å². The van der Waals surface area contributed by atoms with E-state index in [4.69, 9.17) is 4.74 Å². The maximum atomic E-state index is 14.2. The van der Waals surface area contributed by atoms with E-state index in [2.05, 4.69) is 10.3 Å². The van der Waals surface area contributed by atoms with Crippen LogP contribution in [0.15, 0.2) is 48.5 Å². The zero-order chi connectivity index (χ0) is 22.1. The highest BCUT2D eigenvalue weighted by atomic mass is 19.4. The Morgan fingerprint density at radius 3 is 2.27 bits per heavy atom. The second-order valence-corrected chi connectivity index (χ2v) is 6.82. The van der Waals surface area contributed by atoms with Gasteiger partial charge in [0.25, 0.3) is 5.91 Å². The number of halogens is 4. The SMILES string of the molecule is Cc1cc(C)c(C(=O)Nc2ccc(Oc3nc(C)ccc3C(F)(F)F)cc2)c(F)c1. The summed E-state index contributed by atoms with van der Waals surface area (Å²) in [7, 11) is 0. The van der Waals surface area contributed by atoms with Gasteiger partial charge in [0, 0.05) is 11.4 Å².